The molecule has 1 aliphatic heterocycles. The first-order chi connectivity index (χ1) is 8.00. The lowest BCUT2D eigenvalue weighted by Gasteiger charge is -2.29. The van der Waals surface area contributed by atoms with Crippen LogP contribution in [0.15, 0.2) is 0 Å². The smallest absolute Gasteiger partial charge is 0.131 e. The Bertz CT molecular complexity index is 413. The first-order valence-electron chi connectivity index (χ1n) is 6.45. The Balaban J connectivity index is 2.51. The normalized spacial score (nSPS) is 19.8. The molecule has 0 N–H and O–H groups in total. The van der Waals surface area contributed by atoms with Gasteiger partial charge in [-0.1, -0.05) is 27.7 Å². The molecule has 0 radical (unpaired) electrons. The summed E-state index contributed by atoms with van der Waals surface area (Å²) >= 11 is 0. The predicted molar refractivity (Wildman–Crippen MR) is 68.1 cm³/mol. The minimum absolute atomic E-state index is 0.384. The first-order valence-corrected chi connectivity index (χ1v) is 6.45. The van der Waals surface area contributed by atoms with Crippen LogP contribution in [0.5, 0.6) is 0 Å². The second-order valence-corrected chi connectivity index (χ2v) is 5.55. The zero-order valence-corrected chi connectivity index (χ0v) is 11.4. The lowest BCUT2D eigenvalue weighted by Crippen LogP contribution is -2.25. The molecular weight excluding hydrogens is 212 g/mol. The van der Waals surface area contributed by atoms with Crippen LogP contribution in [-0.2, 0) is 11.3 Å². The molecule has 0 fully saturated rings. The fourth-order valence-corrected chi connectivity index (χ4v) is 2.26. The standard InChI is InChI=1S/C14H22N2O/c1-8(2)11-6-17-7-12-10(5)15-14(9(3)4)16-13(11)12/h8-9,11H,6-7H2,1-5H3. The van der Waals surface area contributed by atoms with E-state index in [1.54, 1.807) is 0 Å². The van der Waals surface area contributed by atoms with Gasteiger partial charge in [0.25, 0.3) is 0 Å². The van der Waals surface area contributed by atoms with Gasteiger partial charge in [0.1, 0.15) is 5.82 Å². The van der Waals surface area contributed by atoms with E-state index in [-0.39, 0.29) is 0 Å². The summed E-state index contributed by atoms with van der Waals surface area (Å²) in [4.78, 5) is 9.37. The molecule has 0 aliphatic carbocycles. The van der Waals surface area contributed by atoms with Crippen molar-refractivity contribution in [2.75, 3.05) is 6.61 Å². The molecule has 3 heteroatoms. The van der Waals surface area contributed by atoms with Crippen molar-refractivity contribution in [1.82, 2.24) is 9.97 Å². The summed E-state index contributed by atoms with van der Waals surface area (Å²) in [5, 5.41) is 0. The maximum absolute atomic E-state index is 5.67. The number of fused-ring (bicyclic) bond motifs is 1. The predicted octanol–water partition coefficient (Wildman–Crippen LogP) is 3.18. The fourth-order valence-electron chi connectivity index (χ4n) is 2.26. The molecule has 17 heavy (non-hydrogen) atoms. The van der Waals surface area contributed by atoms with Crippen LogP contribution in [0.25, 0.3) is 0 Å². The van der Waals surface area contributed by atoms with Gasteiger partial charge in [-0.25, -0.2) is 9.97 Å². The van der Waals surface area contributed by atoms with Crippen LogP contribution < -0.4 is 0 Å². The van der Waals surface area contributed by atoms with Gasteiger partial charge in [0.2, 0.25) is 0 Å². The molecule has 0 aromatic carbocycles. The van der Waals surface area contributed by atoms with Gasteiger partial charge in [0, 0.05) is 23.1 Å². The zero-order valence-electron chi connectivity index (χ0n) is 11.4. The molecule has 1 aliphatic rings. The molecule has 0 bridgehead atoms. The highest BCUT2D eigenvalue weighted by molar-refractivity contribution is 5.30. The van der Waals surface area contributed by atoms with Crippen LogP contribution in [0, 0.1) is 12.8 Å². The lowest BCUT2D eigenvalue weighted by molar-refractivity contribution is 0.0760. The third-order valence-electron chi connectivity index (χ3n) is 3.48. The van der Waals surface area contributed by atoms with Crippen LogP contribution in [0.4, 0.5) is 0 Å². The maximum Gasteiger partial charge on any atom is 0.131 e. The lowest BCUT2D eigenvalue weighted by atomic mass is 9.88. The van der Waals surface area contributed by atoms with E-state index in [1.807, 2.05) is 0 Å². The summed E-state index contributed by atoms with van der Waals surface area (Å²) in [5.74, 6) is 2.32. The van der Waals surface area contributed by atoms with E-state index in [9.17, 15) is 0 Å². The minimum Gasteiger partial charge on any atom is -0.376 e. The van der Waals surface area contributed by atoms with Crippen molar-refractivity contribution in [2.24, 2.45) is 5.92 Å². The summed E-state index contributed by atoms with van der Waals surface area (Å²) in [7, 11) is 0. The molecule has 0 spiro atoms. The average molecular weight is 234 g/mol. The Hall–Kier alpha value is -0.960. The topological polar surface area (TPSA) is 35.0 Å². The quantitative estimate of drug-likeness (QED) is 0.788. The van der Waals surface area contributed by atoms with Crippen LogP contribution >= 0.6 is 0 Å². The Morgan fingerprint density at radius 3 is 2.47 bits per heavy atom. The fraction of sp³-hybridized carbons (Fsp3) is 0.714. The van der Waals surface area contributed by atoms with Crippen molar-refractivity contribution in [2.45, 2.75) is 53.1 Å². The van der Waals surface area contributed by atoms with E-state index < -0.39 is 0 Å². The van der Waals surface area contributed by atoms with Crippen molar-refractivity contribution >= 4 is 0 Å². The van der Waals surface area contributed by atoms with E-state index in [1.165, 1.54) is 11.3 Å². The van der Waals surface area contributed by atoms with Crippen molar-refractivity contribution in [1.29, 1.82) is 0 Å². The van der Waals surface area contributed by atoms with E-state index in [0.29, 0.717) is 24.4 Å². The maximum atomic E-state index is 5.67. The van der Waals surface area contributed by atoms with Gasteiger partial charge in [-0.05, 0) is 12.8 Å². The van der Waals surface area contributed by atoms with Gasteiger partial charge in [0.05, 0.1) is 18.9 Å². The molecule has 0 saturated carbocycles. The molecule has 1 aromatic rings. The van der Waals surface area contributed by atoms with Crippen molar-refractivity contribution in [3.63, 3.8) is 0 Å². The second-order valence-electron chi connectivity index (χ2n) is 5.55. The summed E-state index contributed by atoms with van der Waals surface area (Å²) in [6, 6.07) is 0. The van der Waals surface area contributed by atoms with Crippen molar-refractivity contribution < 1.29 is 4.74 Å². The van der Waals surface area contributed by atoms with Gasteiger partial charge in [-0.3, -0.25) is 0 Å². The summed E-state index contributed by atoms with van der Waals surface area (Å²) in [5.41, 5.74) is 3.52. The van der Waals surface area contributed by atoms with E-state index in [0.717, 1.165) is 18.1 Å². The van der Waals surface area contributed by atoms with Crippen LogP contribution in [0.2, 0.25) is 0 Å². The number of hydrogen-bond acceptors (Lipinski definition) is 3. The Morgan fingerprint density at radius 2 is 1.88 bits per heavy atom. The van der Waals surface area contributed by atoms with Crippen molar-refractivity contribution in [3.05, 3.63) is 22.8 Å². The minimum atomic E-state index is 0.384. The molecule has 1 aromatic heterocycles. The van der Waals surface area contributed by atoms with Crippen LogP contribution in [0.3, 0.4) is 0 Å². The van der Waals surface area contributed by atoms with Gasteiger partial charge in [-0.2, -0.15) is 0 Å². The number of rotatable bonds is 2. The number of ether oxygens (including phenoxy) is 1. The van der Waals surface area contributed by atoms with E-state index >= 15 is 0 Å². The summed E-state index contributed by atoms with van der Waals surface area (Å²) in [6.07, 6.45) is 0. The van der Waals surface area contributed by atoms with Crippen LogP contribution in [-0.4, -0.2) is 16.6 Å². The third-order valence-corrected chi connectivity index (χ3v) is 3.48. The Morgan fingerprint density at radius 1 is 1.18 bits per heavy atom. The summed E-state index contributed by atoms with van der Waals surface area (Å²) in [6.45, 7) is 12.3. The highest BCUT2D eigenvalue weighted by atomic mass is 16.5. The van der Waals surface area contributed by atoms with Gasteiger partial charge in [-0.15, -0.1) is 0 Å². The Kier molecular flexibility index (Phi) is 3.48. The Labute approximate surface area is 104 Å². The molecule has 0 saturated heterocycles. The third kappa shape index (κ3) is 2.34. The van der Waals surface area contributed by atoms with Gasteiger partial charge in [0.15, 0.2) is 0 Å². The second kappa shape index (κ2) is 4.73. The van der Waals surface area contributed by atoms with E-state index in [4.69, 9.17) is 9.72 Å². The average Bonchev–Trinajstić information content (AvgIpc) is 2.27. The monoisotopic (exact) mass is 234 g/mol. The highest BCUT2D eigenvalue weighted by Gasteiger charge is 2.27. The molecule has 2 heterocycles. The number of aryl methyl sites for hydroxylation is 1. The number of hydrogen-bond donors (Lipinski definition) is 0. The molecular formula is C14H22N2O. The SMILES string of the molecule is Cc1nc(C(C)C)nc2c1COCC2C(C)C. The van der Waals surface area contributed by atoms with Crippen LogP contribution in [0.1, 0.15) is 62.3 Å². The highest BCUT2D eigenvalue weighted by Crippen LogP contribution is 2.32. The summed E-state index contributed by atoms with van der Waals surface area (Å²) < 4.78 is 5.67. The van der Waals surface area contributed by atoms with Gasteiger partial charge >= 0.3 is 0 Å². The number of nitrogens with zero attached hydrogens (tertiary/aromatic N) is 2. The first kappa shape index (κ1) is 12.5. The molecule has 2 rings (SSSR count). The molecule has 94 valence electrons. The van der Waals surface area contributed by atoms with E-state index in [2.05, 4.69) is 39.6 Å². The molecule has 3 nitrogen and oxygen atoms in total. The molecule has 0 amide bonds. The van der Waals surface area contributed by atoms with Crippen molar-refractivity contribution in [3.8, 4) is 0 Å². The number of aromatic nitrogens is 2. The van der Waals surface area contributed by atoms with Gasteiger partial charge < -0.3 is 4.74 Å². The zero-order chi connectivity index (χ0) is 12.6. The largest absolute Gasteiger partial charge is 0.376 e. The molecule has 1 unspecified atom stereocenters. The molecule has 1 atom stereocenters.